The molecule has 10 heteroatoms. The van der Waals surface area contributed by atoms with E-state index < -0.39 is 24.6 Å². The first-order valence-electron chi connectivity index (χ1n) is 6.76. The lowest BCUT2D eigenvalue weighted by Crippen LogP contribution is -2.41. The van der Waals surface area contributed by atoms with Gasteiger partial charge < -0.3 is 4.74 Å². The summed E-state index contributed by atoms with van der Waals surface area (Å²) in [6, 6.07) is 8.30. The molecule has 1 aromatic carbocycles. The van der Waals surface area contributed by atoms with E-state index in [1.54, 1.807) is 0 Å². The highest BCUT2D eigenvalue weighted by atomic mass is 35.5. The van der Waals surface area contributed by atoms with Gasteiger partial charge in [-0.05, 0) is 30.3 Å². The zero-order valence-electron chi connectivity index (χ0n) is 12.4. The van der Waals surface area contributed by atoms with Crippen LogP contribution in [0, 0.1) is 0 Å². The monoisotopic (exact) mass is 373 g/mol. The summed E-state index contributed by atoms with van der Waals surface area (Å²) in [6.07, 6.45) is -3.46. The van der Waals surface area contributed by atoms with Crippen molar-refractivity contribution in [2.45, 2.75) is 6.18 Å². The van der Waals surface area contributed by atoms with Crippen LogP contribution in [0.1, 0.15) is 20.7 Å². The Morgan fingerprint density at radius 3 is 2.08 bits per heavy atom. The molecule has 0 spiro atoms. The number of hydrogen-bond donors (Lipinski definition) is 2. The standard InChI is InChI=1S/C15H11ClF3N3O3/c16-11-4-1-9(2-5-11)13(23)21-22-14(24)10-3-6-12(20-7-10)25-8-15(17,18)19/h1-7H,8H2,(H,21,23)(H,22,24). The average molecular weight is 374 g/mol. The summed E-state index contributed by atoms with van der Waals surface area (Å²) in [7, 11) is 0. The Bertz CT molecular complexity index is 749. The molecule has 2 rings (SSSR count). The van der Waals surface area contributed by atoms with Gasteiger partial charge >= 0.3 is 6.18 Å². The van der Waals surface area contributed by atoms with Crippen LogP contribution >= 0.6 is 11.6 Å². The van der Waals surface area contributed by atoms with E-state index in [9.17, 15) is 22.8 Å². The number of hydrazine groups is 1. The number of alkyl halides is 3. The molecule has 0 aliphatic carbocycles. The van der Waals surface area contributed by atoms with Gasteiger partial charge in [-0.25, -0.2) is 4.98 Å². The highest BCUT2D eigenvalue weighted by Gasteiger charge is 2.28. The number of carbonyl (C=O) groups excluding carboxylic acids is 2. The number of nitrogens with zero attached hydrogens (tertiary/aromatic N) is 1. The van der Waals surface area contributed by atoms with E-state index >= 15 is 0 Å². The summed E-state index contributed by atoms with van der Waals surface area (Å²) in [5.74, 6) is -1.54. The maximum atomic E-state index is 12.0. The minimum atomic E-state index is -4.48. The molecule has 2 aromatic rings. The second-order valence-electron chi connectivity index (χ2n) is 4.70. The summed E-state index contributed by atoms with van der Waals surface area (Å²) < 4.78 is 40.5. The number of nitrogens with one attached hydrogen (secondary N) is 2. The van der Waals surface area contributed by atoms with Crippen LogP contribution in [-0.4, -0.2) is 29.6 Å². The van der Waals surface area contributed by atoms with Crippen molar-refractivity contribution in [3.05, 3.63) is 58.7 Å². The lowest BCUT2D eigenvalue weighted by Gasteiger charge is -2.09. The van der Waals surface area contributed by atoms with Gasteiger partial charge in [-0.15, -0.1) is 0 Å². The topological polar surface area (TPSA) is 80.3 Å². The number of halogens is 4. The van der Waals surface area contributed by atoms with E-state index in [1.165, 1.54) is 30.3 Å². The van der Waals surface area contributed by atoms with Gasteiger partial charge in [0.2, 0.25) is 5.88 Å². The predicted molar refractivity (Wildman–Crippen MR) is 82.2 cm³/mol. The van der Waals surface area contributed by atoms with Crippen molar-refractivity contribution in [1.82, 2.24) is 15.8 Å². The fourth-order valence-electron chi connectivity index (χ4n) is 1.61. The maximum absolute atomic E-state index is 12.0. The molecule has 2 N–H and O–H groups in total. The third-order valence-corrected chi connectivity index (χ3v) is 3.03. The normalized spacial score (nSPS) is 10.9. The first-order valence-corrected chi connectivity index (χ1v) is 7.14. The molecule has 1 heterocycles. The van der Waals surface area contributed by atoms with Gasteiger partial charge in [0.1, 0.15) is 0 Å². The van der Waals surface area contributed by atoms with Crippen LogP contribution in [0.5, 0.6) is 5.88 Å². The first kappa shape index (κ1) is 18.5. The van der Waals surface area contributed by atoms with Crippen LogP contribution in [0.15, 0.2) is 42.6 Å². The molecule has 0 saturated carbocycles. The summed E-state index contributed by atoms with van der Waals surface area (Å²) >= 11 is 5.70. The summed E-state index contributed by atoms with van der Waals surface area (Å²) in [6.45, 7) is -1.48. The minimum absolute atomic E-state index is 0.0239. The van der Waals surface area contributed by atoms with Gasteiger partial charge in [0.05, 0.1) is 5.56 Å². The molecule has 0 radical (unpaired) electrons. The zero-order valence-corrected chi connectivity index (χ0v) is 13.2. The van der Waals surface area contributed by atoms with Crippen LogP contribution in [0.3, 0.4) is 0 Å². The molecule has 0 aliphatic rings. The van der Waals surface area contributed by atoms with Crippen LogP contribution in [0.4, 0.5) is 13.2 Å². The molecule has 0 fully saturated rings. The Morgan fingerprint density at radius 1 is 1.00 bits per heavy atom. The number of rotatable bonds is 4. The van der Waals surface area contributed by atoms with Crippen LogP contribution < -0.4 is 15.6 Å². The highest BCUT2D eigenvalue weighted by Crippen LogP contribution is 2.17. The largest absolute Gasteiger partial charge is 0.468 e. The fourth-order valence-corrected chi connectivity index (χ4v) is 1.74. The Labute approximate surface area is 144 Å². The highest BCUT2D eigenvalue weighted by molar-refractivity contribution is 6.30. The summed E-state index contributed by atoms with van der Waals surface area (Å²) in [4.78, 5) is 27.3. The number of aromatic nitrogens is 1. The average Bonchev–Trinajstić information content (AvgIpc) is 2.58. The number of pyridine rings is 1. The van der Waals surface area contributed by atoms with Crippen molar-refractivity contribution < 1.29 is 27.5 Å². The van der Waals surface area contributed by atoms with Crippen molar-refractivity contribution >= 4 is 23.4 Å². The van der Waals surface area contributed by atoms with Crippen LogP contribution in [-0.2, 0) is 0 Å². The third-order valence-electron chi connectivity index (χ3n) is 2.78. The summed E-state index contributed by atoms with van der Waals surface area (Å²) in [5, 5.41) is 0.458. The van der Waals surface area contributed by atoms with Gasteiger partial charge in [-0.3, -0.25) is 20.4 Å². The van der Waals surface area contributed by atoms with E-state index in [2.05, 4.69) is 20.6 Å². The van der Waals surface area contributed by atoms with Crippen molar-refractivity contribution in [3.63, 3.8) is 0 Å². The Hall–Kier alpha value is -2.81. The van der Waals surface area contributed by atoms with Crippen LogP contribution in [0.25, 0.3) is 0 Å². The van der Waals surface area contributed by atoms with E-state index in [4.69, 9.17) is 11.6 Å². The minimum Gasteiger partial charge on any atom is -0.468 e. The third kappa shape index (κ3) is 5.96. The van der Waals surface area contributed by atoms with Gasteiger partial charge in [0.25, 0.3) is 11.8 Å². The van der Waals surface area contributed by atoms with Crippen molar-refractivity contribution in [3.8, 4) is 5.88 Å². The molecule has 6 nitrogen and oxygen atoms in total. The second-order valence-corrected chi connectivity index (χ2v) is 5.14. The van der Waals surface area contributed by atoms with E-state index in [0.29, 0.717) is 5.02 Å². The molecule has 0 saturated heterocycles. The first-order chi connectivity index (χ1) is 11.7. The molecular formula is C15H11ClF3N3O3. The molecule has 0 unspecified atom stereocenters. The Balaban J connectivity index is 1.88. The van der Waals surface area contributed by atoms with Crippen molar-refractivity contribution in [1.29, 1.82) is 0 Å². The van der Waals surface area contributed by atoms with Gasteiger partial charge in [-0.1, -0.05) is 11.6 Å². The van der Waals surface area contributed by atoms with Crippen LogP contribution in [0.2, 0.25) is 5.02 Å². The molecule has 25 heavy (non-hydrogen) atoms. The SMILES string of the molecule is O=C(NNC(=O)c1ccc(OCC(F)(F)F)nc1)c1ccc(Cl)cc1. The fraction of sp³-hybridized carbons (Fsp3) is 0.133. The molecule has 132 valence electrons. The molecular weight excluding hydrogens is 363 g/mol. The van der Waals surface area contributed by atoms with E-state index in [-0.39, 0.29) is 17.0 Å². The van der Waals surface area contributed by atoms with Crippen molar-refractivity contribution in [2.75, 3.05) is 6.61 Å². The number of benzene rings is 1. The lowest BCUT2D eigenvalue weighted by molar-refractivity contribution is -0.154. The van der Waals surface area contributed by atoms with Gasteiger partial charge in [0, 0.05) is 22.8 Å². The Morgan fingerprint density at radius 2 is 1.56 bits per heavy atom. The van der Waals surface area contributed by atoms with E-state index in [1.807, 2.05) is 0 Å². The zero-order chi connectivity index (χ0) is 18.4. The summed E-state index contributed by atoms with van der Waals surface area (Å²) in [5.41, 5.74) is 4.64. The number of carbonyl (C=O) groups is 2. The van der Waals surface area contributed by atoms with Gasteiger partial charge in [-0.2, -0.15) is 13.2 Å². The molecule has 0 atom stereocenters. The lowest BCUT2D eigenvalue weighted by atomic mass is 10.2. The number of hydrogen-bond acceptors (Lipinski definition) is 4. The van der Waals surface area contributed by atoms with Crippen molar-refractivity contribution in [2.24, 2.45) is 0 Å². The number of amides is 2. The molecule has 1 aromatic heterocycles. The Kier molecular flexibility index (Phi) is 5.81. The van der Waals surface area contributed by atoms with E-state index in [0.717, 1.165) is 12.3 Å². The van der Waals surface area contributed by atoms with Gasteiger partial charge in [0.15, 0.2) is 6.61 Å². The number of ether oxygens (including phenoxy) is 1. The molecule has 2 amide bonds. The predicted octanol–water partition coefficient (Wildman–Crippen LogP) is 2.75. The smallest absolute Gasteiger partial charge is 0.422 e. The quantitative estimate of drug-likeness (QED) is 0.808. The maximum Gasteiger partial charge on any atom is 0.422 e. The molecule has 0 bridgehead atoms. The second kappa shape index (κ2) is 7.84. The molecule has 0 aliphatic heterocycles.